The van der Waals surface area contributed by atoms with E-state index in [4.69, 9.17) is 9.47 Å². The molecule has 0 radical (unpaired) electrons. The second-order valence-corrected chi connectivity index (χ2v) is 4.46. The summed E-state index contributed by atoms with van der Waals surface area (Å²) in [6.45, 7) is 4.34. The molecule has 2 aliphatic rings. The summed E-state index contributed by atoms with van der Waals surface area (Å²) in [6, 6.07) is 8.66. The summed E-state index contributed by atoms with van der Waals surface area (Å²) in [5, 5.41) is 2.26. The topological polar surface area (TPSA) is 33.7 Å². The predicted molar refractivity (Wildman–Crippen MR) is 64.8 cm³/mol. The molecule has 2 aliphatic heterocycles. The zero-order valence-corrected chi connectivity index (χ0v) is 9.89. The standard InChI is InChI=1S/C13H18N2O2/c1-2-4-13-11(3-1)12(5-8-17-13)14-15-6-9-16-10-7-15/h1-4,12,14H,5-10H2. The van der Waals surface area contributed by atoms with Gasteiger partial charge in [0.2, 0.25) is 0 Å². The Labute approximate surface area is 101 Å². The van der Waals surface area contributed by atoms with Crippen molar-refractivity contribution in [3.05, 3.63) is 29.8 Å². The molecule has 0 saturated carbocycles. The quantitative estimate of drug-likeness (QED) is 0.837. The minimum Gasteiger partial charge on any atom is -0.493 e. The van der Waals surface area contributed by atoms with Gasteiger partial charge >= 0.3 is 0 Å². The molecule has 2 heterocycles. The summed E-state index contributed by atoms with van der Waals surface area (Å²) in [7, 11) is 0. The molecule has 3 rings (SSSR count). The number of ether oxygens (including phenoxy) is 2. The minimum atomic E-state index is 0.373. The number of fused-ring (bicyclic) bond motifs is 1. The van der Waals surface area contributed by atoms with Crippen LogP contribution in [-0.4, -0.2) is 37.9 Å². The highest BCUT2D eigenvalue weighted by Gasteiger charge is 2.23. The average Bonchev–Trinajstić information content (AvgIpc) is 2.40. The third kappa shape index (κ3) is 2.44. The first-order chi connectivity index (χ1) is 8.43. The molecular weight excluding hydrogens is 216 g/mol. The van der Waals surface area contributed by atoms with E-state index in [1.54, 1.807) is 0 Å². The van der Waals surface area contributed by atoms with Crippen molar-refractivity contribution in [2.24, 2.45) is 0 Å². The molecule has 1 saturated heterocycles. The minimum absolute atomic E-state index is 0.373. The van der Waals surface area contributed by atoms with E-state index in [1.807, 2.05) is 12.1 Å². The van der Waals surface area contributed by atoms with Crippen LogP contribution in [0, 0.1) is 0 Å². The molecule has 1 unspecified atom stereocenters. The molecule has 1 atom stereocenters. The average molecular weight is 234 g/mol. The van der Waals surface area contributed by atoms with Crippen LogP contribution in [0.25, 0.3) is 0 Å². The highest BCUT2D eigenvalue weighted by atomic mass is 16.5. The van der Waals surface area contributed by atoms with Crippen LogP contribution in [0.5, 0.6) is 5.75 Å². The van der Waals surface area contributed by atoms with Gasteiger partial charge in [0.15, 0.2) is 0 Å². The van der Waals surface area contributed by atoms with Gasteiger partial charge in [0.25, 0.3) is 0 Å². The molecule has 0 bridgehead atoms. The maximum Gasteiger partial charge on any atom is 0.124 e. The molecule has 0 aliphatic carbocycles. The Kier molecular flexibility index (Phi) is 3.27. The lowest BCUT2D eigenvalue weighted by Gasteiger charge is -2.34. The SMILES string of the molecule is c1ccc2c(c1)OCCC2NN1CCOCC1. The number of hydrazine groups is 1. The van der Waals surface area contributed by atoms with Crippen LogP contribution < -0.4 is 10.2 Å². The highest BCUT2D eigenvalue weighted by molar-refractivity contribution is 5.37. The second-order valence-electron chi connectivity index (χ2n) is 4.46. The van der Waals surface area contributed by atoms with Gasteiger partial charge in [0.1, 0.15) is 5.75 Å². The lowest BCUT2D eigenvalue weighted by molar-refractivity contribution is -0.000186. The number of rotatable bonds is 2. The van der Waals surface area contributed by atoms with Crippen molar-refractivity contribution in [2.45, 2.75) is 12.5 Å². The van der Waals surface area contributed by atoms with E-state index in [9.17, 15) is 0 Å². The van der Waals surface area contributed by atoms with Crippen molar-refractivity contribution < 1.29 is 9.47 Å². The van der Waals surface area contributed by atoms with Crippen LogP contribution in [0.3, 0.4) is 0 Å². The summed E-state index contributed by atoms with van der Waals surface area (Å²) in [4.78, 5) is 0. The summed E-state index contributed by atoms with van der Waals surface area (Å²) >= 11 is 0. The van der Waals surface area contributed by atoms with Crippen molar-refractivity contribution in [3.8, 4) is 5.75 Å². The number of para-hydroxylation sites is 1. The van der Waals surface area contributed by atoms with Crippen molar-refractivity contribution >= 4 is 0 Å². The highest BCUT2D eigenvalue weighted by Crippen LogP contribution is 2.31. The molecule has 4 nitrogen and oxygen atoms in total. The van der Waals surface area contributed by atoms with E-state index >= 15 is 0 Å². The summed E-state index contributed by atoms with van der Waals surface area (Å²) in [5.41, 5.74) is 4.86. The molecule has 17 heavy (non-hydrogen) atoms. The first-order valence-electron chi connectivity index (χ1n) is 6.24. The molecule has 1 aromatic carbocycles. The Bertz CT molecular complexity index is 377. The first kappa shape index (κ1) is 11.0. The third-order valence-electron chi connectivity index (χ3n) is 3.31. The van der Waals surface area contributed by atoms with E-state index in [-0.39, 0.29) is 0 Å². The van der Waals surface area contributed by atoms with Crippen molar-refractivity contribution in [3.63, 3.8) is 0 Å². The van der Waals surface area contributed by atoms with E-state index in [1.165, 1.54) is 5.56 Å². The fraction of sp³-hybridized carbons (Fsp3) is 0.538. The number of morpholine rings is 1. The molecule has 0 spiro atoms. The van der Waals surface area contributed by atoms with E-state index in [2.05, 4.69) is 22.6 Å². The number of nitrogens with one attached hydrogen (secondary N) is 1. The van der Waals surface area contributed by atoms with E-state index in [0.717, 1.165) is 45.1 Å². The Morgan fingerprint density at radius 2 is 1.94 bits per heavy atom. The maximum atomic E-state index is 5.66. The van der Waals surface area contributed by atoms with Crippen LogP contribution in [-0.2, 0) is 4.74 Å². The van der Waals surface area contributed by atoms with Crippen molar-refractivity contribution in [1.82, 2.24) is 10.4 Å². The van der Waals surface area contributed by atoms with Crippen molar-refractivity contribution in [2.75, 3.05) is 32.9 Å². The monoisotopic (exact) mass is 234 g/mol. The number of hydrogen-bond donors (Lipinski definition) is 1. The van der Waals surface area contributed by atoms with Crippen LogP contribution in [0.15, 0.2) is 24.3 Å². The van der Waals surface area contributed by atoms with Crippen molar-refractivity contribution in [1.29, 1.82) is 0 Å². The maximum absolute atomic E-state index is 5.66. The molecule has 1 fully saturated rings. The number of benzene rings is 1. The van der Waals surface area contributed by atoms with Gasteiger partial charge in [-0.05, 0) is 6.07 Å². The van der Waals surface area contributed by atoms with E-state index in [0.29, 0.717) is 6.04 Å². The summed E-state index contributed by atoms with van der Waals surface area (Å²) in [6.07, 6.45) is 1.02. The number of nitrogens with zero attached hydrogens (tertiary/aromatic N) is 1. The second kappa shape index (κ2) is 5.04. The van der Waals surface area contributed by atoms with Crippen LogP contribution in [0.2, 0.25) is 0 Å². The summed E-state index contributed by atoms with van der Waals surface area (Å²) < 4.78 is 11.0. The van der Waals surface area contributed by atoms with Gasteiger partial charge in [-0.3, -0.25) is 0 Å². The van der Waals surface area contributed by atoms with Crippen LogP contribution in [0.1, 0.15) is 18.0 Å². The molecule has 4 heteroatoms. The first-order valence-corrected chi connectivity index (χ1v) is 6.24. The zero-order valence-electron chi connectivity index (χ0n) is 9.89. The van der Waals surface area contributed by atoms with E-state index < -0.39 is 0 Å². The predicted octanol–water partition coefficient (Wildman–Crippen LogP) is 1.35. The van der Waals surface area contributed by atoms with Gasteiger partial charge < -0.3 is 9.47 Å². The molecule has 1 N–H and O–H groups in total. The van der Waals surface area contributed by atoms with Gasteiger partial charge in [-0.1, -0.05) is 18.2 Å². The lowest BCUT2D eigenvalue weighted by atomic mass is 10.0. The third-order valence-corrected chi connectivity index (χ3v) is 3.31. The Morgan fingerprint density at radius 3 is 2.82 bits per heavy atom. The molecule has 92 valence electrons. The van der Waals surface area contributed by atoms with Gasteiger partial charge in [0, 0.05) is 25.1 Å². The van der Waals surface area contributed by atoms with Gasteiger partial charge in [0.05, 0.1) is 25.9 Å². The van der Waals surface area contributed by atoms with Gasteiger partial charge in [-0.25, -0.2) is 10.4 Å². The Hall–Kier alpha value is -1.10. The largest absolute Gasteiger partial charge is 0.493 e. The smallest absolute Gasteiger partial charge is 0.124 e. The fourth-order valence-electron chi connectivity index (χ4n) is 2.39. The lowest BCUT2D eigenvalue weighted by Crippen LogP contribution is -2.48. The fourth-order valence-corrected chi connectivity index (χ4v) is 2.39. The van der Waals surface area contributed by atoms with Crippen LogP contribution >= 0.6 is 0 Å². The summed E-state index contributed by atoms with van der Waals surface area (Å²) in [5.74, 6) is 1.02. The molecule has 1 aromatic rings. The molecule has 0 amide bonds. The molecule has 0 aromatic heterocycles. The van der Waals surface area contributed by atoms with Crippen LogP contribution in [0.4, 0.5) is 0 Å². The molecular formula is C13H18N2O2. The van der Waals surface area contributed by atoms with Gasteiger partial charge in [-0.15, -0.1) is 0 Å². The van der Waals surface area contributed by atoms with Gasteiger partial charge in [-0.2, -0.15) is 0 Å². The Balaban J connectivity index is 1.71. The Morgan fingerprint density at radius 1 is 1.12 bits per heavy atom. The number of hydrogen-bond acceptors (Lipinski definition) is 4. The normalized spacial score (nSPS) is 25.1. The zero-order chi connectivity index (χ0) is 11.5.